The summed E-state index contributed by atoms with van der Waals surface area (Å²) >= 11 is 0. The second-order valence-corrected chi connectivity index (χ2v) is 4.25. The molecule has 0 bridgehead atoms. The Bertz CT molecular complexity index is 438. The van der Waals surface area contributed by atoms with Crippen molar-refractivity contribution in [2.75, 3.05) is 20.3 Å². The van der Waals surface area contributed by atoms with E-state index in [4.69, 9.17) is 4.74 Å². The average Bonchev–Trinajstić information content (AvgIpc) is 2.44. The lowest BCUT2D eigenvalue weighted by molar-refractivity contribution is 0.0652. The first-order valence-corrected chi connectivity index (χ1v) is 5.89. The van der Waals surface area contributed by atoms with Crippen molar-refractivity contribution in [3.05, 3.63) is 29.6 Å². The van der Waals surface area contributed by atoms with Gasteiger partial charge in [-0.05, 0) is 24.6 Å². The maximum Gasteiger partial charge on any atom is 0.251 e. The normalized spacial score (nSPS) is 11.2. The van der Waals surface area contributed by atoms with E-state index in [1.807, 2.05) is 0 Å². The van der Waals surface area contributed by atoms with Crippen molar-refractivity contribution in [1.29, 1.82) is 0 Å². The summed E-state index contributed by atoms with van der Waals surface area (Å²) in [5, 5.41) is 21.0. The third kappa shape index (κ3) is 3.42. The zero-order chi connectivity index (χ0) is 14.5. The van der Waals surface area contributed by atoms with Crippen LogP contribution in [-0.4, -0.2) is 42.0 Å². The minimum Gasteiger partial charge on any atom is -0.494 e. The maximum atomic E-state index is 13.5. The predicted octanol–water partition coefficient (Wildman–Crippen LogP) is 0.698. The van der Waals surface area contributed by atoms with Crippen LogP contribution in [0.4, 0.5) is 4.39 Å². The molecule has 1 aromatic rings. The minimum atomic E-state index is -1.10. The molecule has 0 radical (unpaired) electrons. The Hall–Kier alpha value is -1.66. The third-order valence-corrected chi connectivity index (χ3v) is 3.07. The number of hydrogen-bond acceptors (Lipinski definition) is 4. The molecule has 6 heteroatoms. The number of halogens is 1. The Kier molecular flexibility index (Phi) is 5.26. The number of methoxy groups -OCH3 is 1. The number of aliphatic hydroxyl groups is 2. The number of ether oxygens (including phenoxy) is 1. The second kappa shape index (κ2) is 6.49. The van der Waals surface area contributed by atoms with Gasteiger partial charge in [-0.25, -0.2) is 4.39 Å². The first-order valence-electron chi connectivity index (χ1n) is 5.89. The molecule has 5 nitrogen and oxygen atoms in total. The van der Waals surface area contributed by atoms with E-state index in [0.717, 1.165) is 6.07 Å². The standard InChI is InChI=1S/C13H18FNO4/c1-3-13(7-16,8-17)15-12(18)9-4-5-11(19-2)10(14)6-9/h4-6,16-17H,3,7-8H2,1-2H3,(H,15,18). The van der Waals surface area contributed by atoms with Crippen molar-refractivity contribution in [1.82, 2.24) is 5.32 Å². The van der Waals surface area contributed by atoms with Crippen molar-refractivity contribution in [3.8, 4) is 5.75 Å². The molecule has 0 aliphatic rings. The van der Waals surface area contributed by atoms with Gasteiger partial charge in [-0.1, -0.05) is 6.92 Å². The number of carbonyl (C=O) groups is 1. The fourth-order valence-corrected chi connectivity index (χ4v) is 1.56. The Balaban J connectivity index is 2.92. The molecule has 1 aromatic carbocycles. The van der Waals surface area contributed by atoms with Crippen molar-refractivity contribution in [3.63, 3.8) is 0 Å². The van der Waals surface area contributed by atoms with Crippen LogP contribution < -0.4 is 10.1 Å². The zero-order valence-electron chi connectivity index (χ0n) is 10.9. The molecule has 1 amide bonds. The van der Waals surface area contributed by atoms with E-state index in [1.165, 1.54) is 19.2 Å². The molecule has 106 valence electrons. The van der Waals surface area contributed by atoms with Gasteiger partial charge >= 0.3 is 0 Å². The third-order valence-electron chi connectivity index (χ3n) is 3.07. The van der Waals surface area contributed by atoms with Gasteiger partial charge in [-0.2, -0.15) is 0 Å². The highest BCUT2D eigenvalue weighted by Gasteiger charge is 2.29. The first kappa shape index (κ1) is 15.4. The molecule has 0 saturated carbocycles. The quantitative estimate of drug-likeness (QED) is 0.711. The van der Waals surface area contributed by atoms with Gasteiger partial charge in [0.25, 0.3) is 5.91 Å². The number of amides is 1. The van der Waals surface area contributed by atoms with Gasteiger partial charge < -0.3 is 20.3 Å². The van der Waals surface area contributed by atoms with E-state index in [-0.39, 0.29) is 11.3 Å². The number of hydrogen-bond donors (Lipinski definition) is 3. The van der Waals surface area contributed by atoms with Crippen LogP contribution in [-0.2, 0) is 0 Å². The summed E-state index contributed by atoms with van der Waals surface area (Å²) in [6.07, 6.45) is 0.352. The minimum absolute atomic E-state index is 0.0441. The van der Waals surface area contributed by atoms with E-state index < -0.39 is 30.5 Å². The van der Waals surface area contributed by atoms with E-state index in [1.54, 1.807) is 6.92 Å². The van der Waals surface area contributed by atoms with Crippen molar-refractivity contribution in [2.45, 2.75) is 18.9 Å². The topological polar surface area (TPSA) is 78.8 Å². The predicted molar refractivity (Wildman–Crippen MR) is 67.6 cm³/mol. The second-order valence-electron chi connectivity index (χ2n) is 4.25. The number of nitrogens with one attached hydrogen (secondary N) is 1. The van der Waals surface area contributed by atoms with Crippen molar-refractivity contribution >= 4 is 5.91 Å². The van der Waals surface area contributed by atoms with Gasteiger partial charge in [0.1, 0.15) is 0 Å². The molecule has 0 aliphatic carbocycles. The lowest BCUT2D eigenvalue weighted by atomic mass is 9.98. The Morgan fingerprint density at radius 1 is 1.42 bits per heavy atom. The number of benzene rings is 1. The van der Waals surface area contributed by atoms with Gasteiger partial charge in [0.2, 0.25) is 0 Å². The molecule has 0 aliphatic heterocycles. The molecular weight excluding hydrogens is 253 g/mol. The van der Waals surface area contributed by atoms with Crippen LogP contribution in [0.5, 0.6) is 5.75 Å². The van der Waals surface area contributed by atoms with Crippen molar-refractivity contribution < 1.29 is 24.1 Å². The lowest BCUT2D eigenvalue weighted by Crippen LogP contribution is -2.53. The SMILES string of the molecule is CCC(CO)(CO)NC(=O)c1ccc(OC)c(F)c1. The fourth-order valence-electron chi connectivity index (χ4n) is 1.56. The molecule has 0 aromatic heterocycles. The molecule has 0 saturated heterocycles. The zero-order valence-corrected chi connectivity index (χ0v) is 10.9. The summed E-state index contributed by atoms with van der Waals surface area (Å²) in [7, 11) is 1.33. The summed E-state index contributed by atoms with van der Waals surface area (Å²) in [6.45, 7) is 0.927. The van der Waals surface area contributed by atoms with Crippen LogP contribution in [0.1, 0.15) is 23.7 Å². The van der Waals surface area contributed by atoms with Crippen molar-refractivity contribution in [2.24, 2.45) is 0 Å². The maximum absolute atomic E-state index is 13.5. The summed E-state index contributed by atoms with van der Waals surface area (Å²) < 4.78 is 18.2. The molecule has 19 heavy (non-hydrogen) atoms. The average molecular weight is 271 g/mol. The summed E-state index contributed by atoms with van der Waals surface area (Å²) in [5.74, 6) is -1.17. The van der Waals surface area contributed by atoms with E-state index in [2.05, 4.69) is 5.32 Å². The van der Waals surface area contributed by atoms with E-state index in [9.17, 15) is 19.4 Å². The highest BCUT2D eigenvalue weighted by Crippen LogP contribution is 2.18. The largest absolute Gasteiger partial charge is 0.494 e. The van der Waals surface area contributed by atoms with Crippen LogP contribution in [0, 0.1) is 5.82 Å². The van der Waals surface area contributed by atoms with Crippen LogP contribution >= 0.6 is 0 Å². The molecule has 0 spiro atoms. The van der Waals surface area contributed by atoms with Gasteiger partial charge in [0.05, 0.1) is 25.9 Å². The van der Waals surface area contributed by atoms with Gasteiger partial charge in [-0.15, -0.1) is 0 Å². The Morgan fingerprint density at radius 3 is 2.47 bits per heavy atom. The highest BCUT2D eigenvalue weighted by atomic mass is 19.1. The van der Waals surface area contributed by atoms with Crippen LogP contribution in [0.2, 0.25) is 0 Å². The highest BCUT2D eigenvalue weighted by molar-refractivity contribution is 5.94. The Morgan fingerprint density at radius 2 is 2.05 bits per heavy atom. The monoisotopic (exact) mass is 271 g/mol. The van der Waals surface area contributed by atoms with Crippen LogP contribution in [0.25, 0.3) is 0 Å². The molecule has 0 heterocycles. The van der Waals surface area contributed by atoms with Gasteiger partial charge in [-0.3, -0.25) is 4.79 Å². The Labute approximate surface area is 111 Å². The van der Waals surface area contributed by atoms with Crippen LogP contribution in [0.3, 0.4) is 0 Å². The fraction of sp³-hybridized carbons (Fsp3) is 0.462. The number of carbonyl (C=O) groups excluding carboxylic acids is 1. The number of aliphatic hydroxyl groups excluding tert-OH is 2. The molecule has 3 N–H and O–H groups in total. The summed E-state index contributed by atoms with van der Waals surface area (Å²) in [4.78, 5) is 11.9. The molecule has 0 atom stereocenters. The van der Waals surface area contributed by atoms with Crippen LogP contribution in [0.15, 0.2) is 18.2 Å². The van der Waals surface area contributed by atoms with E-state index in [0.29, 0.717) is 6.42 Å². The first-order chi connectivity index (χ1) is 9.01. The van der Waals surface area contributed by atoms with Gasteiger partial charge in [0, 0.05) is 5.56 Å². The lowest BCUT2D eigenvalue weighted by Gasteiger charge is -2.29. The van der Waals surface area contributed by atoms with E-state index >= 15 is 0 Å². The van der Waals surface area contributed by atoms with Gasteiger partial charge in [0.15, 0.2) is 11.6 Å². The summed E-state index contributed by atoms with van der Waals surface area (Å²) in [5.41, 5.74) is -1.01. The smallest absolute Gasteiger partial charge is 0.251 e. The molecular formula is C13H18FNO4. The molecule has 1 rings (SSSR count). The summed E-state index contributed by atoms with van der Waals surface area (Å²) in [6, 6.07) is 3.80. The number of rotatable bonds is 6. The molecule has 0 fully saturated rings. The molecule has 0 unspecified atom stereocenters.